The maximum Gasteiger partial charge on any atom is 0.493 e. The van der Waals surface area contributed by atoms with Crippen LogP contribution in [0.5, 0.6) is 0 Å². The zero-order valence-corrected chi connectivity index (χ0v) is 12.9. The van der Waals surface area contributed by atoms with Gasteiger partial charge in [0.1, 0.15) is 0 Å². The number of hydrogen-bond donors (Lipinski definition) is 0. The van der Waals surface area contributed by atoms with Crippen molar-refractivity contribution in [2.45, 2.75) is 33.7 Å². The Morgan fingerprint density at radius 2 is 1.90 bits per heavy atom. The number of aromatic nitrogens is 1. The Hall–Kier alpha value is -1.53. The van der Waals surface area contributed by atoms with Crippen molar-refractivity contribution in [3.63, 3.8) is 0 Å². The van der Waals surface area contributed by atoms with Crippen LogP contribution in [0.4, 0.5) is 0 Å². The first-order valence-corrected chi connectivity index (χ1v) is 7.26. The summed E-state index contributed by atoms with van der Waals surface area (Å²) in [6.45, 7) is 9.44. The molecule has 1 aromatic heterocycles. The van der Waals surface area contributed by atoms with Crippen molar-refractivity contribution in [1.82, 2.24) is 4.57 Å². The summed E-state index contributed by atoms with van der Waals surface area (Å²) < 4.78 is 18.5. The van der Waals surface area contributed by atoms with Gasteiger partial charge in [0.2, 0.25) is 0 Å². The third-order valence-electron chi connectivity index (χ3n) is 3.68. The minimum absolute atomic E-state index is 0.0380. The predicted octanol–water partition coefficient (Wildman–Crippen LogP) is 1.94. The zero-order valence-electron chi connectivity index (χ0n) is 12.9. The number of oxazole rings is 1. The Bertz CT molecular complexity index is 706. The molecule has 1 aliphatic heterocycles. The number of nitrogens with zero attached hydrogens (tertiary/aromatic N) is 1. The van der Waals surface area contributed by atoms with Gasteiger partial charge in [0.15, 0.2) is 5.58 Å². The van der Waals surface area contributed by atoms with Crippen LogP contribution >= 0.6 is 0 Å². The first kappa shape index (κ1) is 14.4. The van der Waals surface area contributed by atoms with Gasteiger partial charge in [-0.25, -0.2) is 4.79 Å². The summed E-state index contributed by atoms with van der Waals surface area (Å²) in [5.41, 5.74) is 2.32. The maximum absolute atomic E-state index is 11.9. The van der Waals surface area contributed by atoms with Crippen molar-refractivity contribution >= 4 is 23.7 Å². The SMILES string of the molecule is CC(C)n1c(=O)oc2ccc(B3OCC(C)(C)CO3)cc21. The molecular weight excluding hydrogens is 269 g/mol. The third-order valence-corrected chi connectivity index (χ3v) is 3.68. The predicted molar refractivity (Wildman–Crippen MR) is 81.9 cm³/mol. The molecule has 1 saturated heterocycles. The molecule has 0 atom stereocenters. The van der Waals surface area contributed by atoms with Gasteiger partial charge >= 0.3 is 12.9 Å². The number of rotatable bonds is 2. The average molecular weight is 289 g/mol. The van der Waals surface area contributed by atoms with E-state index in [1.165, 1.54) is 0 Å². The van der Waals surface area contributed by atoms with Gasteiger partial charge in [0, 0.05) is 24.7 Å². The molecule has 0 saturated carbocycles. The van der Waals surface area contributed by atoms with Crippen LogP contribution in [0.15, 0.2) is 27.4 Å². The maximum atomic E-state index is 11.9. The van der Waals surface area contributed by atoms with E-state index in [4.69, 9.17) is 13.7 Å². The second-order valence-electron chi connectivity index (χ2n) is 6.68. The molecule has 0 radical (unpaired) electrons. The normalized spacial score (nSPS) is 18.6. The highest BCUT2D eigenvalue weighted by Gasteiger charge is 2.33. The fourth-order valence-electron chi connectivity index (χ4n) is 2.57. The summed E-state index contributed by atoms with van der Waals surface area (Å²) in [6.07, 6.45) is 0. The van der Waals surface area contributed by atoms with Crippen molar-refractivity contribution in [2.75, 3.05) is 13.2 Å². The van der Waals surface area contributed by atoms with Crippen LogP contribution < -0.4 is 11.2 Å². The van der Waals surface area contributed by atoms with Crippen molar-refractivity contribution in [3.8, 4) is 0 Å². The lowest BCUT2D eigenvalue weighted by Crippen LogP contribution is -2.47. The fourth-order valence-corrected chi connectivity index (χ4v) is 2.57. The standard InChI is InChI=1S/C15H20BNO4/c1-10(2)17-12-7-11(5-6-13(12)21-14(17)18)16-19-8-15(3,4)9-20-16/h5-7,10H,8-9H2,1-4H3. The molecule has 0 aliphatic carbocycles. The topological polar surface area (TPSA) is 53.6 Å². The monoisotopic (exact) mass is 289 g/mol. The molecule has 3 rings (SSSR count). The summed E-state index contributed by atoms with van der Waals surface area (Å²) >= 11 is 0. The summed E-state index contributed by atoms with van der Waals surface area (Å²) in [7, 11) is -0.381. The molecule has 2 aromatic rings. The molecule has 5 nitrogen and oxygen atoms in total. The Morgan fingerprint density at radius 1 is 1.24 bits per heavy atom. The quantitative estimate of drug-likeness (QED) is 0.793. The third kappa shape index (κ3) is 2.65. The Balaban J connectivity index is 1.98. The molecule has 2 heterocycles. The van der Waals surface area contributed by atoms with Gasteiger partial charge in [-0.3, -0.25) is 4.57 Å². The minimum Gasteiger partial charge on any atom is -0.408 e. The lowest BCUT2D eigenvalue weighted by molar-refractivity contribution is 0.0343. The molecule has 0 amide bonds. The van der Waals surface area contributed by atoms with Gasteiger partial charge in [-0.15, -0.1) is 0 Å². The molecule has 21 heavy (non-hydrogen) atoms. The molecular formula is C15H20BNO4. The second-order valence-corrected chi connectivity index (χ2v) is 6.68. The molecule has 1 aromatic carbocycles. The number of benzene rings is 1. The van der Waals surface area contributed by atoms with Crippen LogP contribution in [-0.2, 0) is 9.31 Å². The van der Waals surface area contributed by atoms with Gasteiger partial charge in [-0.1, -0.05) is 19.9 Å². The molecule has 6 heteroatoms. The molecule has 0 spiro atoms. The van der Waals surface area contributed by atoms with Gasteiger partial charge < -0.3 is 13.7 Å². The molecule has 1 fully saturated rings. The van der Waals surface area contributed by atoms with Crippen molar-refractivity contribution in [2.24, 2.45) is 5.41 Å². The second kappa shape index (κ2) is 5.03. The lowest BCUT2D eigenvalue weighted by Gasteiger charge is -2.33. The average Bonchev–Trinajstić information content (AvgIpc) is 2.73. The lowest BCUT2D eigenvalue weighted by atomic mass is 9.76. The highest BCUT2D eigenvalue weighted by atomic mass is 16.6. The zero-order chi connectivity index (χ0) is 15.2. The first-order chi connectivity index (χ1) is 9.87. The van der Waals surface area contributed by atoms with Crippen LogP contribution in [0.3, 0.4) is 0 Å². The van der Waals surface area contributed by atoms with Crippen molar-refractivity contribution < 1.29 is 13.7 Å². The van der Waals surface area contributed by atoms with E-state index in [-0.39, 0.29) is 24.3 Å². The molecule has 112 valence electrons. The Kier molecular flexibility index (Phi) is 3.46. The first-order valence-electron chi connectivity index (χ1n) is 7.26. The largest absolute Gasteiger partial charge is 0.493 e. The van der Waals surface area contributed by atoms with E-state index in [1.807, 2.05) is 26.0 Å². The smallest absolute Gasteiger partial charge is 0.408 e. The van der Waals surface area contributed by atoms with Crippen molar-refractivity contribution in [1.29, 1.82) is 0 Å². The van der Waals surface area contributed by atoms with E-state index in [1.54, 1.807) is 10.6 Å². The Labute approximate surface area is 124 Å². The molecule has 0 bridgehead atoms. The molecule has 0 unspecified atom stereocenters. The van der Waals surface area contributed by atoms with Crippen LogP contribution in [0.1, 0.15) is 33.7 Å². The highest BCUT2D eigenvalue weighted by molar-refractivity contribution is 6.61. The van der Waals surface area contributed by atoms with E-state index in [2.05, 4.69) is 13.8 Å². The van der Waals surface area contributed by atoms with E-state index < -0.39 is 0 Å². The summed E-state index contributed by atoms with van der Waals surface area (Å²) in [5.74, 6) is -0.330. The number of hydrogen-bond acceptors (Lipinski definition) is 4. The molecule has 0 N–H and O–H groups in total. The summed E-state index contributed by atoms with van der Waals surface area (Å²) in [6, 6.07) is 5.65. The van der Waals surface area contributed by atoms with E-state index in [9.17, 15) is 4.79 Å². The van der Waals surface area contributed by atoms with E-state index >= 15 is 0 Å². The van der Waals surface area contributed by atoms with Gasteiger partial charge in [0.05, 0.1) is 5.52 Å². The summed E-state index contributed by atoms with van der Waals surface area (Å²) in [5, 5.41) is 0. The fraction of sp³-hybridized carbons (Fsp3) is 0.533. The van der Waals surface area contributed by atoms with E-state index in [0.717, 1.165) is 11.0 Å². The highest BCUT2D eigenvalue weighted by Crippen LogP contribution is 2.22. The summed E-state index contributed by atoms with van der Waals surface area (Å²) in [4.78, 5) is 11.9. The van der Waals surface area contributed by atoms with Gasteiger partial charge in [-0.2, -0.15) is 0 Å². The van der Waals surface area contributed by atoms with Gasteiger partial charge in [0.25, 0.3) is 0 Å². The van der Waals surface area contributed by atoms with Gasteiger partial charge in [-0.05, 0) is 31.4 Å². The van der Waals surface area contributed by atoms with Crippen molar-refractivity contribution in [3.05, 3.63) is 28.7 Å². The van der Waals surface area contributed by atoms with Crippen LogP contribution in [-0.4, -0.2) is 24.9 Å². The van der Waals surface area contributed by atoms with Crippen LogP contribution in [0.25, 0.3) is 11.1 Å². The molecule has 1 aliphatic rings. The van der Waals surface area contributed by atoms with Crippen LogP contribution in [0.2, 0.25) is 0 Å². The van der Waals surface area contributed by atoms with E-state index in [0.29, 0.717) is 18.8 Å². The number of fused-ring (bicyclic) bond motifs is 1. The Morgan fingerprint density at radius 3 is 2.52 bits per heavy atom. The van der Waals surface area contributed by atoms with Crippen LogP contribution in [0, 0.1) is 5.41 Å². The minimum atomic E-state index is -0.381.